The van der Waals surface area contributed by atoms with Crippen LogP contribution in [-0.4, -0.2) is 43.3 Å². The Labute approximate surface area is 86.9 Å². The van der Waals surface area contributed by atoms with Gasteiger partial charge in [-0.3, -0.25) is 9.89 Å². The van der Waals surface area contributed by atoms with Gasteiger partial charge in [0.15, 0.2) is 0 Å². The molecule has 0 atom stereocenters. The third-order valence-corrected chi connectivity index (χ3v) is 1.82. The van der Waals surface area contributed by atoms with Crippen LogP contribution in [-0.2, 0) is 0 Å². The highest BCUT2D eigenvalue weighted by atomic mass is 15.2. The largest absolute Gasteiger partial charge is 0.387 e. The first-order chi connectivity index (χ1) is 6.72. The minimum Gasteiger partial charge on any atom is -0.387 e. The lowest BCUT2D eigenvalue weighted by Gasteiger charge is -2.19. The molecule has 0 spiro atoms. The molecule has 1 aliphatic rings. The fraction of sp³-hybridized carbons (Fsp3) is 0.800. The molecular weight excluding hydrogens is 176 g/mol. The monoisotopic (exact) mass is 198 g/mol. The van der Waals surface area contributed by atoms with Crippen LogP contribution in [0.3, 0.4) is 0 Å². The molecule has 0 saturated heterocycles. The van der Waals surface area contributed by atoms with Gasteiger partial charge in [0, 0.05) is 13.0 Å². The van der Waals surface area contributed by atoms with E-state index in [0.29, 0.717) is 5.84 Å². The number of aliphatic imine (C=N–C) groups is 2. The molecule has 14 heavy (non-hydrogen) atoms. The van der Waals surface area contributed by atoms with Crippen molar-refractivity contribution in [3.8, 4) is 0 Å². The number of likely N-dealkylation sites (N-methyl/N-ethyl adjacent to an activating group) is 1. The molecule has 0 unspecified atom stereocenters. The molecule has 0 amide bonds. The molecule has 0 aromatic heterocycles. The lowest BCUT2D eigenvalue weighted by molar-refractivity contribution is 0.377. The lowest BCUT2D eigenvalue weighted by atomic mass is 10.4. The van der Waals surface area contributed by atoms with Gasteiger partial charge in [0.05, 0.1) is 13.1 Å². The zero-order valence-corrected chi connectivity index (χ0v) is 9.75. The maximum Gasteiger partial charge on any atom is 0.139 e. The highest BCUT2D eigenvalue weighted by Crippen LogP contribution is 1.96. The number of hydrogen-bond acceptors (Lipinski definition) is 3. The molecule has 4 nitrogen and oxygen atoms in total. The third kappa shape index (κ3) is 4.97. The van der Waals surface area contributed by atoms with Crippen molar-refractivity contribution in [2.75, 3.05) is 26.7 Å². The van der Waals surface area contributed by atoms with Crippen LogP contribution in [0.4, 0.5) is 0 Å². The summed E-state index contributed by atoms with van der Waals surface area (Å²) in [4.78, 5) is 10.7. The molecule has 82 valence electrons. The van der Waals surface area contributed by atoms with Crippen LogP contribution >= 0.6 is 0 Å². The zero-order valence-electron chi connectivity index (χ0n) is 9.75. The molecule has 0 aromatic rings. The first-order valence-electron chi connectivity index (χ1n) is 5.27. The number of nitrogens with zero attached hydrogens (tertiary/aromatic N) is 3. The minimum absolute atomic E-state index is 0.670. The van der Waals surface area contributed by atoms with Crippen molar-refractivity contribution >= 4 is 11.7 Å². The molecule has 1 rings (SSSR count). The normalized spacial score (nSPS) is 18.3. The highest BCUT2D eigenvalue weighted by molar-refractivity contribution is 5.97. The highest BCUT2D eigenvalue weighted by Gasteiger charge is 2.08. The van der Waals surface area contributed by atoms with Crippen LogP contribution < -0.4 is 5.73 Å². The Balaban J connectivity index is 0.000000791. The van der Waals surface area contributed by atoms with E-state index in [1.807, 2.05) is 20.8 Å². The average molecular weight is 198 g/mol. The van der Waals surface area contributed by atoms with E-state index in [0.717, 1.165) is 31.9 Å². The summed E-state index contributed by atoms with van der Waals surface area (Å²) in [7, 11) is 2.06. The second-order valence-corrected chi connectivity index (χ2v) is 2.99. The van der Waals surface area contributed by atoms with E-state index in [2.05, 4.69) is 21.9 Å². The standard InChI is InChI=1S/C8H16N4.C2H6/c1-3-7(9)11-8-6-12(2)5-4-10-8;1-2/h3-6H2,1-2H3,(H2,9,10,11);1-2H3. The fourth-order valence-electron chi connectivity index (χ4n) is 1.04. The van der Waals surface area contributed by atoms with Crippen molar-refractivity contribution in [3.05, 3.63) is 0 Å². The summed E-state index contributed by atoms with van der Waals surface area (Å²) >= 11 is 0. The Bertz CT molecular complexity index is 208. The van der Waals surface area contributed by atoms with Crippen molar-refractivity contribution in [1.29, 1.82) is 0 Å². The predicted octanol–water partition coefficient (Wildman–Crippen LogP) is 1.12. The first kappa shape index (κ1) is 13.1. The van der Waals surface area contributed by atoms with E-state index < -0.39 is 0 Å². The Morgan fingerprint density at radius 1 is 1.57 bits per heavy atom. The molecule has 0 aromatic carbocycles. The maximum atomic E-state index is 5.60. The van der Waals surface area contributed by atoms with Crippen molar-refractivity contribution in [2.24, 2.45) is 15.7 Å². The van der Waals surface area contributed by atoms with Crippen molar-refractivity contribution in [2.45, 2.75) is 27.2 Å². The van der Waals surface area contributed by atoms with Gasteiger partial charge >= 0.3 is 0 Å². The van der Waals surface area contributed by atoms with Gasteiger partial charge in [-0.05, 0) is 7.05 Å². The second-order valence-electron chi connectivity index (χ2n) is 2.99. The maximum absolute atomic E-state index is 5.60. The van der Waals surface area contributed by atoms with Gasteiger partial charge in [-0.15, -0.1) is 0 Å². The molecule has 0 saturated carbocycles. The Morgan fingerprint density at radius 3 is 2.71 bits per heavy atom. The van der Waals surface area contributed by atoms with E-state index in [9.17, 15) is 0 Å². The smallest absolute Gasteiger partial charge is 0.139 e. The number of nitrogens with two attached hydrogens (primary N) is 1. The van der Waals surface area contributed by atoms with E-state index in [1.165, 1.54) is 0 Å². The van der Waals surface area contributed by atoms with E-state index in [1.54, 1.807) is 0 Å². The van der Waals surface area contributed by atoms with Gasteiger partial charge in [-0.25, -0.2) is 4.99 Å². The minimum atomic E-state index is 0.670. The Kier molecular flexibility index (Phi) is 7.02. The SMILES string of the molecule is CC.CCC(N)=NC1=NCCN(C)C1. The average Bonchev–Trinajstić information content (AvgIpc) is 2.21. The van der Waals surface area contributed by atoms with Gasteiger partial charge in [0.2, 0.25) is 0 Å². The topological polar surface area (TPSA) is 54.0 Å². The van der Waals surface area contributed by atoms with E-state index >= 15 is 0 Å². The van der Waals surface area contributed by atoms with Crippen LogP contribution in [0, 0.1) is 0 Å². The summed E-state index contributed by atoms with van der Waals surface area (Å²) in [5, 5.41) is 0. The summed E-state index contributed by atoms with van der Waals surface area (Å²) in [6.45, 7) is 8.67. The van der Waals surface area contributed by atoms with Gasteiger partial charge < -0.3 is 5.73 Å². The number of amidine groups is 2. The Hall–Kier alpha value is -0.900. The summed E-state index contributed by atoms with van der Waals surface area (Å²) in [5.74, 6) is 1.53. The molecule has 0 radical (unpaired) electrons. The first-order valence-corrected chi connectivity index (χ1v) is 5.27. The van der Waals surface area contributed by atoms with Crippen LogP contribution in [0.15, 0.2) is 9.98 Å². The molecule has 0 aliphatic carbocycles. The van der Waals surface area contributed by atoms with Gasteiger partial charge in [0.1, 0.15) is 11.7 Å². The molecule has 0 fully saturated rings. The van der Waals surface area contributed by atoms with Crippen LogP contribution in [0.25, 0.3) is 0 Å². The summed E-state index contributed by atoms with van der Waals surface area (Å²) in [6.07, 6.45) is 0.794. The molecular formula is C10H22N4. The van der Waals surface area contributed by atoms with Gasteiger partial charge in [-0.2, -0.15) is 0 Å². The van der Waals surface area contributed by atoms with Crippen molar-refractivity contribution in [3.63, 3.8) is 0 Å². The van der Waals surface area contributed by atoms with E-state index in [-0.39, 0.29) is 0 Å². The molecule has 2 N–H and O–H groups in total. The van der Waals surface area contributed by atoms with Crippen molar-refractivity contribution in [1.82, 2.24) is 4.90 Å². The van der Waals surface area contributed by atoms with Gasteiger partial charge in [-0.1, -0.05) is 20.8 Å². The molecule has 4 heteroatoms. The predicted molar refractivity (Wildman–Crippen MR) is 63.1 cm³/mol. The van der Waals surface area contributed by atoms with Crippen LogP contribution in [0.2, 0.25) is 0 Å². The molecule has 1 aliphatic heterocycles. The fourth-order valence-corrected chi connectivity index (χ4v) is 1.04. The quantitative estimate of drug-likeness (QED) is 0.507. The lowest BCUT2D eigenvalue weighted by Crippen LogP contribution is -2.33. The molecule has 0 bridgehead atoms. The second kappa shape index (κ2) is 7.50. The number of hydrogen-bond donors (Lipinski definition) is 1. The van der Waals surface area contributed by atoms with Crippen LogP contribution in [0.5, 0.6) is 0 Å². The zero-order chi connectivity index (χ0) is 11.0. The van der Waals surface area contributed by atoms with E-state index in [4.69, 9.17) is 5.73 Å². The number of rotatable bonds is 1. The van der Waals surface area contributed by atoms with Crippen LogP contribution in [0.1, 0.15) is 27.2 Å². The summed E-state index contributed by atoms with van der Waals surface area (Å²) < 4.78 is 0. The summed E-state index contributed by atoms with van der Waals surface area (Å²) in [5.41, 5.74) is 5.60. The van der Waals surface area contributed by atoms with Crippen molar-refractivity contribution < 1.29 is 0 Å². The third-order valence-electron chi connectivity index (χ3n) is 1.82. The van der Waals surface area contributed by atoms with Gasteiger partial charge in [0.25, 0.3) is 0 Å². The summed E-state index contributed by atoms with van der Waals surface area (Å²) in [6, 6.07) is 0. The Morgan fingerprint density at radius 2 is 2.21 bits per heavy atom. The molecule has 1 heterocycles.